The zero-order valence-electron chi connectivity index (χ0n) is 11.5. The summed E-state index contributed by atoms with van der Waals surface area (Å²) >= 11 is 1.72. The second-order valence-electron chi connectivity index (χ2n) is 5.01. The zero-order valence-corrected chi connectivity index (χ0v) is 12.3. The molecule has 2 rings (SSSR count). The maximum atomic E-state index is 10.0. The van der Waals surface area contributed by atoms with Crippen LogP contribution < -0.4 is 0 Å². The fourth-order valence-corrected chi connectivity index (χ4v) is 2.74. The van der Waals surface area contributed by atoms with Gasteiger partial charge in [-0.1, -0.05) is 0 Å². The molecule has 0 radical (unpaired) electrons. The Hall–Kier alpha value is -0.460. The Morgan fingerprint density at radius 3 is 2.95 bits per heavy atom. The summed E-state index contributed by atoms with van der Waals surface area (Å²) < 4.78 is 10.3. The highest BCUT2D eigenvalue weighted by Crippen LogP contribution is 2.28. The van der Waals surface area contributed by atoms with Crippen LogP contribution in [0.1, 0.15) is 18.4 Å². The van der Waals surface area contributed by atoms with Crippen molar-refractivity contribution in [1.29, 1.82) is 0 Å². The fraction of sp³-hybridized carbons (Fsp3) is 0.714. The molecular formula is C14H23NO3S. The van der Waals surface area contributed by atoms with E-state index in [2.05, 4.69) is 21.7 Å². The van der Waals surface area contributed by atoms with Gasteiger partial charge in [0.25, 0.3) is 0 Å². The van der Waals surface area contributed by atoms with Crippen LogP contribution in [0, 0.1) is 0 Å². The zero-order chi connectivity index (χ0) is 13.5. The molecule has 5 heteroatoms. The number of hydrogen-bond donors (Lipinski definition) is 1. The molecule has 0 bridgehead atoms. The molecule has 1 aliphatic rings. The lowest BCUT2D eigenvalue weighted by molar-refractivity contribution is -0.00272. The molecule has 1 atom stereocenters. The van der Waals surface area contributed by atoms with Crippen LogP contribution >= 0.6 is 11.3 Å². The first-order chi connectivity index (χ1) is 9.29. The minimum Gasteiger partial charge on any atom is -0.389 e. The Bertz CT molecular complexity index is 340. The number of nitrogens with zero attached hydrogens (tertiary/aromatic N) is 1. The van der Waals surface area contributed by atoms with Gasteiger partial charge in [-0.2, -0.15) is 11.3 Å². The first-order valence-corrected chi connectivity index (χ1v) is 7.73. The average molecular weight is 285 g/mol. The van der Waals surface area contributed by atoms with Gasteiger partial charge in [0, 0.05) is 26.2 Å². The molecule has 1 aromatic rings. The minimum absolute atomic E-state index is 0.385. The van der Waals surface area contributed by atoms with E-state index in [4.69, 9.17) is 9.47 Å². The molecule has 0 aromatic carbocycles. The summed E-state index contributed by atoms with van der Waals surface area (Å²) in [4.78, 5) is 2.37. The van der Waals surface area contributed by atoms with E-state index in [-0.39, 0.29) is 0 Å². The molecule has 1 unspecified atom stereocenters. The average Bonchev–Trinajstić information content (AvgIpc) is 3.13. The van der Waals surface area contributed by atoms with E-state index in [1.807, 2.05) is 0 Å². The van der Waals surface area contributed by atoms with Crippen LogP contribution in [0.5, 0.6) is 0 Å². The van der Waals surface area contributed by atoms with E-state index in [1.54, 1.807) is 18.4 Å². The molecule has 108 valence electrons. The monoisotopic (exact) mass is 285 g/mol. The number of rotatable bonds is 10. The van der Waals surface area contributed by atoms with Crippen LogP contribution in [-0.2, 0) is 16.0 Å². The van der Waals surface area contributed by atoms with Gasteiger partial charge in [-0.05, 0) is 35.2 Å². The van der Waals surface area contributed by atoms with Crippen molar-refractivity contribution in [1.82, 2.24) is 4.90 Å². The number of methoxy groups -OCH3 is 1. The largest absolute Gasteiger partial charge is 0.389 e. The van der Waals surface area contributed by atoms with Crippen LogP contribution in [-0.4, -0.2) is 55.6 Å². The second-order valence-corrected chi connectivity index (χ2v) is 5.79. The number of hydrogen-bond acceptors (Lipinski definition) is 5. The first-order valence-electron chi connectivity index (χ1n) is 6.79. The molecule has 1 aromatic heterocycles. The molecule has 1 fully saturated rings. The predicted octanol–water partition coefficient (Wildman–Crippen LogP) is 1.74. The molecule has 0 saturated heterocycles. The topological polar surface area (TPSA) is 41.9 Å². The highest BCUT2D eigenvalue weighted by molar-refractivity contribution is 7.07. The van der Waals surface area contributed by atoms with Gasteiger partial charge in [-0.15, -0.1) is 0 Å². The van der Waals surface area contributed by atoms with Gasteiger partial charge in [0.15, 0.2) is 0 Å². The standard InChI is InChI=1S/C14H23NO3S/c1-17-5-6-18-10-14(16)9-15(13-2-3-13)8-12-4-7-19-11-12/h4,7,11,13-14,16H,2-3,5-6,8-10H2,1H3. The minimum atomic E-state index is -0.420. The summed E-state index contributed by atoms with van der Waals surface area (Å²) in [6.45, 7) is 3.13. The summed E-state index contributed by atoms with van der Waals surface area (Å²) in [5, 5.41) is 14.3. The van der Waals surface area contributed by atoms with Crippen molar-refractivity contribution >= 4 is 11.3 Å². The molecule has 0 aliphatic heterocycles. The van der Waals surface area contributed by atoms with Crippen LogP contribution in [0.3, 0.4) is 0 Å². The van der Waals surface area contributed by atoms with Crippen molar-refractivity contribution in [3.05, 3.63) is 22.4 Å². The molecule has 4 nitrogen and oxygen atoms in total. The molecule has 1 aliphatic carbocycles. The lowest BCUT2D eigenvalue weighted by atomic mass is 10.2. The SMILES string of the molecule is COCCOCC(O)CN(Cc1ccsc1)C1CC1. The van der Waals surface area contributed by atoms with Crippen molar-refractivity contribution in [2.45, 2.75) is 31.5 Å². The Kier molecular flexibility index (Phi) is 6.26. The van der Waals surface area contributed by atoms with Crippen molar-refractivity contribution in [2.24, 2.45) is 0 Å². The summed E-state index contributed by atoms with van der Waals surface area (Å²) in [5.74, 6) is 0. The van der Waals surface area contributed by atoms with Gasteiger partial charge >= 0.3 is 0 Å². The van der Waals surface area contributed by atoms with Crippen molar-refractivity contribution < 1.29 is 14.6 Å². The lowest BCUT2D eigenvalue weighted by Crippen LogP contribution is -2.36. The third-order valence-electron chi connectivity index (χ3n) is 3.22. The van der Waals surface area contributed by atoms with Crippen LogP contribution in [0.15, 0.2) is 16.8 Å². The Labute approximate surface area is 118 Å². The maximum absolute atomic E-state index is 10.0. The van der Waals surface area contributed by atoms with E-state index < -0.39 is 6.10 Å². The molecule has 0 amide bonds. The summed E-state index contributed by atoms with van der Waals surface area (Å²) in [5.41, 5.74) is 1.34. The normalized spacial score (nSPS) is 17.0. The van der Waals surface area contributed by atoms with E-state index in [1.165, 1.54) is 18.4 Å². The van der Waals surface area contributed by atoms with Gasteiger partial charge in [0.2, 0.25) is 0 Å². The fourth-order valence-electron chi connectivity index (χ4n) is 2.08. The van der Waals surface area contributed by atoms with E-state index in [9.17, 15) is 5.11 Å². The second kappa shape index (κ2) is 7.97. The highest BCUT2D eigenvalue weighted by Gasteiger charge is 2.30. The van der Waals surface area contributed by atoms with Gasteiger partial charge in [-0.25, -0.2) is 0 Å². The van der Waals surface area contributed by atoms with Gasteiger partial charge < -0.3 is 14.6 Å². The number of ether oxygens (including phenoxy) is 2. The number of aliphatic hydroxyl groups is 1. The molecule has 0 spiro atoms. The summed E-state index contributed by atoms with van der Waals surface area (Å²) in [7, 11) is 1.65. The predicted molar refractivity (Wildman–Crippen MR) is 76.5 cm³/mol. The van der Waals surface area contributed by atoms with Crippen LogP contribution in [0.25, 0.3) is 0 Å². The maximum Gasteiger partial charge on any atom is 0.0900 e. The van der Waals surface area contributed by atoms with Crippen LogP contribution in [0.4, 0.5) is 0 Å². The molecule has 19 heavy (non-hydrogen) atoms. The Balaban J connectivity index is 1.70. The van der Waals surface area contributed by atoms with E-state index in [0.717, 1.165) is 6.54 Å². The quantitative estimate of drug-likeness (QED) is 0.665. The van der Waals surface area contributed by atoms with Crippen LogP contribution in [0.2, 0.25) is 0 Å². The molecule has 1 heterocycles. The highest BCUT2D eigenvalue weighted by atomic mass is 32.1. The van der Waals surface area contributed by atoms with Crippen molar-refractivity contribution in [2.75, 3.05) is 33.5 Å². The van der Waals surface area contributed by atoms with Gasteiger partial charge in [0.1, 0.15) is 0 Å². The summed E-state index contributed by atoms with van der Waals surface area (Å²) in [6.07, 6.45) is 2.08. The van der Waals surface area contributed by atoms with Gasteiger partial charge in [-0.3, -0.25) is 4.90 Å². The lowest BCUT2D eigenvalue weighted by Gasteiger charge is -2.24. The first kappa shape index (κ1) is 14.9. The smallest absolute Gasteiger partial charge is 0.0900 e. The third kappa shape index (κ3) is 5.58. The van der Waals surface area contributed by atoms with Crippen molar-refractivity contribution in [3.8, 4) is 0 Å². The van der Waals surface area contributed by atoms with E-state index >= 15 is 0 Å². The van der Waals surface area contributed by atoms with E-state index in [0.29, 0.717) is 32.4 Å². The Morgan fingerprint density at radius 1 is 1.47 bits per heavy atom. The van der Waals surface area contributed by atoms with Gasteiger partial charge in [0.05, 0.1) is 25.9 Å². The number of thiophene rings is 1. The van der Waals surface area contributed by atoms with Crippen molar-refractivity contribution in [3.63, 3.8) is 0 Å². The molecular weight excluding hydrogens is 262 g/mol. The Morgan fingerprint density at radius 2 is 2.32 bits per heavy atom. The molecule has 1 N–H and O–H groups in total. The number of aliphatic hydroxyl groups excluding tert-OH is 1. The molecule has 1 saturated carbocycles. The summed E-state index contributed by atoms with van der Waals surface area (Å²) in [6, 6.07) is 2.80. The third-order valence-corrected chi connectivity index (χ3v) is 3.95.